The number of benzene rings is 1. The number of ether oxygens (including phenoxy) is 1. The molecule has 5 nitrogen and oxygen atoms in total. The fourth-order valence-corrected chi connectivity index (χ4v) is 1.39. The molecule has 0 spiro atoms. The Balaban J connectivity index is 0.00000256. The summed E-state index contributed by atoms with van der Waals surface area (Å²) in [5, 5.41) is 10.4. The molecular weight excluding hydrogens is 222 g/mol. The number of carbonyl (C=O) groups excluding carboxylic acids is 1. The number of nitro groups is 1. The summed E-state index contributed by atoms with van der Waals surface area (Å²) in [6, 6.07) is 6.16. The van der Waals surface area contributed by atoms with E-state index in [4.69, 9.17) is 0 Å². The predicted octanol–water partition coefficient (Wildman–Crippen LogP) is 2.58. The molecule has 0 aliphatic rings. The number of carbonyl (C=O) groups is 1. The SMILES string of the molecule is C.COC(=O)[C@@H](C)Cc1ccc([N+](=O)[O-])cc1. The van der Waals surface area contributed by atoms with Gasteiger partial charge in [-0.3, -0.25) is 14.9 Å². The molecule has 0 aliphatic carbocycles. The number of rotatable bonds is 4. The van der Waals surface area contributed by atoms with Gasteiger partial charge in [0, 0.05) is 12.1 Å². The normalized spacial score (nSPS) is 11.2. The Morgan fingerprint density at radius 1 is 1.41 bits per heavy atom. The summed E-state index contributed by atoms with van der Waals surface area (Å²) in [6.45, 7) is 1.76. The number of hydrogen-bond donors (Lipinski definition) is 0. The highest BCUT2D eigenvalue weighted by Crippen LogP contribution is 2.15. The molecular formula is C12H17NO4. The van der Waals surface area contributed by atoms with Crippen LogP contribution in [0.5, 0.6) is 0 Å². The van der Waals surface area contributed by atoms with Crippen LogP contribution in [0.2, 0.25) is 0 Å². The van der Waals surface area contributed by atoms with Crippen molar-refractivity contribution in [2.75, 3.05) is 7.11 Å². The van der Waals surface area contributed by atoms with Gasteiger partial charge in [-0.2, -0.15) is 0 Å². The lowest BCUT2D eigenvalue weighted by Crippen LogP contribution is -2.15. The van der Waals surface area contributed by atoms with Crippen LogP contribution in [0.3, 0.4) is 0 Å². The first-order valence-electron chi connectivity index (χ1n) is 4.85. The van der Waals surface area contributed by atoms with E-state index in [-0.39, 0.29) is 25.0 Å². The van der Waals surface area contributed by atoms with Gasteiger partial charge in [0.1, 0.15) is 0 Å². The van der Waals surface area contributed by atoms with E-state index in [9.17, 15) is 14.9 Å². The van der Waals surface area contributed by atoms with Gasteiger partial charge in [0.25, 0.3) is 5.69 Å². The summed E-state index contributed by atoms with van der Waals surface area (Å²) in [6.07, 6.45) is 0.519. The maximum absolute atomic E-state index is 11.2. The van der Waals surface area contributed by atoms with Gasteiger partial charge < -0.3 is 4.74 Å². The van der Waals surface area contributed by atoms with E-state index in [0.29, 0.717) is 6.42 Å². The second-order valence-corrected chi connectivity index (χ2v) is 3.55. The number of hydrogen-bond acceptors (Lipinski definition) is 4. The van der Waals surface area contributed by atoms with Gasteiger partial charge in [-0.1, -0.05) is 26.5 Å². The Labute approximate surface area is 101 Å². The van der Waals surface area contributed by atoms with Crippen molar-refractivity contribution in [2.24, 2.45) is 5.92 Å². The Morgan fingerprint density at radius 3 is 2.35 bits per heavy atom. The molecule has 1 aromatic rings. The summed E-state index contributed by atoms with van der Waals surface area (Å²) in [5.41, 5.74) is 0.929. The molecule has 5 heteroatoms. The maximum atomic E-state index is 11.2. The van der Waals surface area contributed by atoms with Gasteiger partial charge in [0.05, 0.1) is 18.0 Å². The van der Waals surface area contributed by atoms with Gasteiger partial charge in [0.15, 0.2) is 0 Å². The third-order valence-electron chi connectivity index (χ3n) is 2.29. The molecule has 1 aromatic carbocycles. The second-order valence-electron chi connectivity index (χ2n) is 3.55. The van der Waals surface area contributed by atoms with Gasteiger partial charge >= 0.3 is 5.97 Å². The zero-order valence-corrected chi connectivity index (χ0v) is 9.17. The van der Waals surface area contributed by atoms with Crippen LogP contribution in [-0.4, -0.2) is 18.0 Å². The minimum atomic E-state index is -0.451. The number of non-ortho nitro benzene ring substituents is 1. The summed E-state index contributed by atoms with van der Waals surface area (Å²) in [4.78, 5) is 21.1. The van der Waals surface area contributed by atoms with Crippen LogP contribution in [0.25, 0.3) is 0 Å². The number of methoxy groups -OCH3 is 1. The Kier molecular flexibility index (Phi) is 5.88. The highest BCUT2D eigenvalue weighted by molar-refractivity contribution is 5.72. The standard InChI is InChI=1S/C11H13NO4.CH4/c1-8(11(13)16-2)7-9-3-5-10(6-4-9)12(14)15;/h3-6,8H,7H2,1-2H3;1H4/t8-;/m0./s1. The van der Waals surface area contributed by atoms with Crippen molar-refractivity contribution in [2.45, 2.75) is 20.8 Å². The van der Waals surface area contributed by atoms with Crippen LogP contribution in [0, 0.1) is 16.0 Å². The molecule has 94 valence electrons. The van der Waals surface area contributed by atoms with E-state index < -0.39 is 4.92 Å². The number of nitrogens with zero attached hydrogens (tertiary/aromatic N) is 1. The summed E-state index contributed by atoms with van der Waals surface area (Å²) in [7, 11) is 1.34. The van der Waals surface area contributed by atoms with Crippen LogP contribution < -0.4 is 0 Å². The Bertz CT molecular complexity index is 386. The van der Waals surface area contributed by atoms with Gasteiger partial charge in [-0.25, -0.2) is 0 Å². The smallest absolute Gasteiger partial charge is 0.308 e. The van der Waals surface area contributed by atoms with Crippen molar-refractivity contribution in [3.05, 3.63) is 39.9 Å². The molecule has 0 aliphatic heterocycles. The van der Waals surface area contributed by atoms with E-state index in [0.717, 1.165) is 5.56 Å². The second kappa shape index (κ2) is 6.62. The molecule has 1 rings (SSSR count). The molecule has 17 heavy (non-hydrogen) atoms. The van der Waals surface area contributed by atoms with Crippen LogP contribution in [0.4, 0.5) is 5.69 Å². The first-order chi connectivity index (χ1) is 7.54. The summed E-state index contributed by atoms with van der Waals surface area (Å²) >= 11 is 0. The van der Waals surface area contributed by atoms with Crippen molar-refractivity contribution in [3.63, 3.8) is 0 Å². The molecule has 0 unspecified atom stereocenters. The van der Waals surface area contributed by atoms with Crippen LogP contribution in [0.1, 0.15) is 19.9 Å². The average Bonchev–Trinajstić information content (AvgIpc) is 2.28. The molecule has 0 bridgehead atoms. The maximum Gasteiger partial charge on any atom is 0.308 e. The van der Waals surface area contributed by atoms with Crippen LogP contribution in [-0.2, 0) is 16.0 Å². The lowest BCUT2D eigenvalue weighted by Gasteiger charge is -2.08. The third kappa shape index (κ3) is 4.22. The summed E-state index contributed by atoms with van der Waals surface area (Å²) in [5.74, 6) is -0.523. The van der Waals surface area contributed by atoms with Gasteiger partial charge in [0.2, 0.25) is 0 Å². The minimum Gasteiger partial charge on any atom is -0.469 e. The molecule has 0 N–H and O–H groups in total. The molecule has 1 atom stereocenters. The van der Waals surface area contributed by atoms with E-state index in [2.05, 4.69) is 4.74 Å². The fourth-order valence-electron chi connectivity index (χ4n) is 1.39. The third-order valence-corrected chi connectivity index (χ3v) is 2.29. The number of esters is 1. The quantitative estimate of drug-likeness (QED) is 0.460. The zero-order valence-electron chi connectivity index (χ0n) is 9.17. The van der Waals surface area contributed by atoms with Crippen molar-refractivity contribution >= 4 is 11.7 Å². The van der Waals surface area contributed by atoms with Crippen molar-refractivity contribution < 1.29 is 14.5 Å². The molecule has 0 saturated heterocycles. The number of nitro benzene ring substituents is 1. The highest BCUT2D eigenvalue weighted by Gasteiger charge is 2.14. The monoisotopic (exact) mass is 239 g/mol. The highest BCUT2D eigenvalue weighted by atomic mass is 16.6. The van der Waals surface area contributed by atoms with E-state index in [1.165, 1.54) is 19.2 Å². The first-order valence-corrected chi connectivity index (χ1v) is 4.85. The molecule has 0 fully saturated rings. The van der Waals surface area contributed by atoms with Crippen LogP contribution in [0.15, 0.2) is 24.3 Å². The van der Waals surface area contributed by atoms with Crippen molar-refractivity contribution in [1.82, 2.24) is 0 Å². The van der Waals surface area contributed by atoms with Gasteiger partial charge in [-0.15, -0.1) is 0 Å². The topological polar surface area (TPSA) is 69.4 Å². The van der Waals surface area contributed by atoms with E-state index in [1.807, 2.05) is 0 Å². The lowest BCUT2D eigenvalue weighted by molar-refractivity contribution is -0.384. The van der Waals surface area contributed by atoms with Gasteiger partial charge in [-0.05, 0) is 12.0 Å². The van der Waals surface area contributed by atoms with E-state index >= 15 is 0 Å². The Morgan fingerprint density at radius 2 is 1.94 bits per heavy atom. The molecule has 0 heterocycles. The molecule has 0 radical (unpaired) electrons. The summed E-state index contributed by atoms with van der Waals surface area (Å²) < 4.78 is 4.60. The molecule has 0 saturated carbocycles. The largest absolute Gasteiger partial charge is 0.469 e. The average molecular weight is 239 g/mol. The Hall–Kier alpha value is -1.91. The van der Waals surface area contributed by atoms with Crippen molar-refractivity contribution in [1.29, 1.82) is 0 Å². The predicted molar refractivity (Wildman–Crippen MR) is 64.7 cm³/mol. The first kappa shape index (κ1) is 15.1. The minimum absolute atomic E-state index is 0. The lowest BCUT2D eigenvalue weighted by atomic mass is 10.0. The zero-order chi connectivity index (χ0) is 12.1. The molecule has 0 aromatic heterocycles. The van der Waals surface area contributed by atoms with Crippen molar-refractivity contribution in [3.8, 4) is 0 Å². The van der Waals surface area contributed by atoms with Crippen LogP contribution >= 0.6 is 0 Å². The molecule has 0 amide bonds. The fraction of sp³-hybridized carbons (Fsp3) is 0.417. The van der Waals surface area contributed by atoms with E-state index in [1.54, 1.807) is 19.1 Å².